The van der Waals surface area contributed by atoms with Gasteiger partial charge in [0, 0.05) is 55.2 Å². The number of hydrogen-bond donors (Lipinski definition) is 9. The molecule has 0 unspecified atom stereocenters. The number of benzene rings is 6. The zero-order valence-electron chi connectivity index (χ0n) is 64.8. The minimum absolute atomic E-state index is 0.0175. The van der Waals surface area contributed by atoms with Crippen LogP contribution in [0, 0.1) is 35.5 Å². The molecule has 0 saturated carbocycles. The van der Waals surface area contributed by atoms with Crippen molar-refractivity contribution in [3.05, 3.63) is 296 Å². The van der Waals surface area contributed by atoms with Crippen LogP contribution in [0.15, 0.2) is 228 Å². The highest BCUT2D eigenvalue weighted by Gasteiger charge is 2.29. The van der Waals surface area contributed by atoms with Crippen molar-refractivity contribution in [2.24, 2.45) is 0 Å². The zero-order chi connectivity index (χ0) is 84.9. The molecule has 35 heteroatoms. The Hall–Kier alpha value is -16.3. The fourth-order valence-electron chi connectivity index (χ4n) is 12.8. The van der Waals surface area contributed by atoms with Crippen LogP contribution in [0.1, 0.15) is 118 Å². The van der Waals surface area contributed by atoms with E-state index < -0.39 is 51.4 Å². The monoisotopic (exact) mass is 1620 g/mol. The molecule has 15 rings (SSSR count). The number of amides is 5. The van der Waals surface area contributed by atoms with Crippen LogP contribution in [0.5, 0.6) is 0 Å². The number of para-hydroxylation sites is 3. The van der Waals surface area contributed by atoms with Crippen LogP contribution in [0.2, 0.25) is 0 Å². The van der Waals surface area contributed by atoms with Gasteiger partial charge in [0.25, 0.3) is 34.4 Å². The normalized spacial score (nSPS) is 11.7. The van der Waals surface area contributed by atoms with Crippen molar-refractivity contribution in [3.63, 3.8) is 0 Å². The summed E-state index contributed by atoms with van der Waals surface area (Å²) in [6, 6.07) is 50.4. The molecular formula is C85H74N24O10S. The highest BCUT2D eigenvalue weighted by atomic mass is 32.2. The minimum atomic E-state index is -3.41. The number of nitrogens with two attached hydrogens (primary N) is 3. The van der Waals surface area contributed by atoms with E-state index in [4.69, 9.17) is 32.2 Å². The van der Waals surface area contributed by atoms with Gasteiger partial charge in [-0.2, -0.15) is 15.3 Å². The zero-order valence-corrected chi connectivity index (χ0v) is 65.6. The van der Waals surface area contributed by atoms with E-state index in [-0.39, 0.29) is 81.8 Å². The predicted molar refractivity (Wildman–Crippen MR) is 452 cm³/mol. The molecule has 0 aliphatic carbocycles. The van der Waals surface area contributed by atoms with E-state index >= 15 is 0 Å². The van der Waals surface area contributed by atoms with Gasteiger partial charge in [-0.15, -0.1) is 0 Å². The summed E-state index contributed by atoms with van der Waals surface area (Å²) in [5.41, 5.74) is 22.8. The Morgan fingerprint density at radius 1 is 0.442 bits per heavy atom. The average molecular weight is 1620 g/mol. The molecule has 9 aromatic heterocycles. The second-order valence-corrected chi connectivity index (χ2v) is 28.4. The van der Waals surface area contributed by atoms with Gasteiger partial charge < -0.3 is 43.8 Å². The standard InChI is InChI=1S/C30H26N8O3.C28H24N8O3.C27H24N8O4S/c1-3-24(39)32-17-8-7-11-20-12-9-15-22-25(20)30(41)37(21-13-5-4-6-14-21)28(35-22)19(2)34-29(40)26-27(31)36-23-16-10-18-33-38(23)26;1-17(32-27(38)24-25(29)34-22-14-8-16-31-36(22)24)26-33-21-13-6-9-19(10-7-15-30-18(2)37)23(21)28(39)35(26)20-11-4-3-5-12-20;1-17(31-26(36)23-24(28)33-21-14-8-15-29-35(21)23)25-32-20-13-6-9-18(10-7-16-30-40(2,38)39)22(20)27(37)34(25)19-11-4-3-5-12-19/h3-6,9-10,12-16,18-19H,1,8,17,31H2,2H3,(H,32,39)(H,34,40);3-6,8-9,11-14,16-17H,15,29H2,1-2H3,(H,30,37)(H,32,38);3-6,8-9,11-15,17,30H,16,28H2,1-2H3,(H,31,36)/t19-;2*17-/m000/s1. The molecule has 34 nitrogen and oxygen atoms in total. The first-order valence-corrected chi connectivity index (χ1v) is 38.9. The van der Waals surface area contributed by atoms with Crippen molar-refractivity contribution in [1.29, 1.82) is 0 Å². The molecule has 0 radical (unpaired) electrons. The number of nitrogen functional groups attached to an aromatic ring is 3. The summed E-state index contributed by atoms with van der Waals surface area (Å²) in [5, 5.41) is 27.4. The number of rotatable bonds is 18. The van der Waals surface area contributed by atoms with E-state index in [1.54, 1.807) is 160 Å². The minimum Gasteiger partial charge on any atom is -0.382 e. The molecule has 5 amide bonds. The highest BCUT2D eigenvalue weighted by molar-refractivity contribution is 7.88. The lowest BCUT2D eigenvalue weighted by molar-refractivity contribution is -0.119. The lowest BCUT2D eigenvalue weighted by Crippen LogP contribution is -2.34. The number of sulfonamides is 1. The number of fused-ring (bicyclic) bond motifs is 6. The van der Waals surface area contributed by atoms with Gasteiger partial charge in [0.2, 0.25) is 21.8 Å². The van der Waals surface area contributed by atoms with E-state index in [0.29, 0.717) is 103 Å². The van der Waals surface area contributed by atoms with Gasteiger partial charge in [0.1, 0.15) is 17.5 Å². The molecule has 0 fully saturated rings. The predicted octanol–water partition coefficient (Wildman–Crippen LogP) is 5.94. The first-order valence-electron chi connectivity index (χ1n) is 37.0. The third-order valence-electron chi connectivity index (χ3n) is 18.2. The van der Waals surface area contributed by atoms with Crippen LogP contribution < -0.4 is 65.2 Å². The van der Waals surface area contributed by atoms with Crippen molar-refractivity contribution < 1.29 is 32.4 Å². The Kier molecular flexibility index (Phi) is 24.5. The molecule has 9 heterocycles. The topological polar surface area (TPSA) is 465 Å². The molecular weight excluding hydrogens is 1550 g/mol. The third kappa shape index (κ3) is 17.9. The quantitative estimate of drug-likeness (QED) is 0.0273. The largest absolute Gasteiger partial charge is 0.382 e. The van der Waals surface area contributed by atoms with Crippen LogP contribution in [-0.4, -0.2) is 136 Å². The van der Waals surface area contributed by atoms with Crippen molar-refractivity contribution in [2.45, 2.75) is 52.2 Å². The summed E-state index contributed by atoms with van der Waals surface area (Å²) in [7, 11) is -3.41. The molecule has 0 aliphatic rings. The van der Waals surface area contributed by atoms with Crippen molar-refractivity contribution in [1.82, 2.24) is 104 Å². The number of nitrogens with one attached hydrogen (secondary N) is 6. The first kappa shape index (κ1) is 81.7. The highest BCUT2D eigenvalue weighted by Crippen LogP contribution is 2.27. The maximum atomic E-state index is 14.1. The molecule has 12 N–H and O–H groups in total. The molecule has 0 aliphatic heterocycles. The second-order valence-electron chi connectivity index (χ2n) is 26.6. The number of aromatic nitrogens is 15. The van der Waals surface area contributed by atoms with Gasteiger partial charge in [-0.3, -0.25) is 52.1 Å². The summed E-state index contributed by atoms with van der Waals surface area (Å²) in [6.07, 6.45) is 7.20. The van der Waals surface area contributed by atoms with E-state index in [0.717, 1.165) is 6.26 Å². The van der Waals surface area contributed by atoms with Gasteiger partial charge >= 0.3 is 0 Å². The second kappa shape index (κ2) is 36.0. The fourth-order valence-corrected chi connectivity index (χ4v) is 13.2. The first-order chi connectivity index (χ1) is 57.9. The Morgan fingerprint density at radius 2 is 0.775 bits per heavy atom. The molecule has 120 heavy (non-hydrogen) atoms. The Balaban J connectivity index is 0.000000156. The van der Waals surface area contributed by atoms with Crippen LogP contribution in [0.4, 0.5) is 17.5 Å². The van der Waals surface area contributed by atoms with Crippen molar-refractivity contribution >= 4 is 107 Å². The number of anilines is 3. The van der Waals surface area contributed by atoms with Gasteiger partial charge in [0.15, 0.2) is 51.5 Å². The number of imidazole rings is 3. The number of carbonyl (C=O) groups excluding carboxylic acids is 5. The number of nitrogens with zero attached hydrogens (tertiary/aromatic N) is 15. The molecule has 0 spiro atoms. The molecule has 6 aromatic carbocycles. The molecule has 600 valence electrons. The van der Waals surface area contributed by atoms with Gasteiger partial charge in [-0.1, -0.05) is 115 Å². The van der Waals surface area contributed by atoms with Crippen LogP contribution in [-0.2, 0) is 19.6 Å². The van der Waals surface area contributed by atoms with Crippen LogP contribution in [0.3, 0.4) is 0 Å². The average Bonchev–Trinajstić information content (AvgIpc) is 1.04. The van der Waals surface area contributed by atoms with E-state index in [2.05, 4.69) is 104 Å². The van der Waals surface area contributed by atoms with E-state index in [1.807, 2.05) is 42.5 Å². The summed E-state index contributed by atoms with van der Waals surface area (Å²) in [5.74, 6) is 16.4. The van der Waals surface area contributed by atoms with Crippen molar-refractivity contribution in [3.8, 4) is 52.6 Å². The van der Waals surface area contributed by atoms with E-state index in [9.17, 15) is 46.8 Å². The number of hydrogen-bond acceptors (Lipinski definition) is 22. The molecule has 0 saturated heterocycles. The van der Waals surface area contributed by atoms with Crippen LogP contribution in [0.25, 0.3) is 66.7 Å². The molecule has 15 aromatic rings. The maximum absolute atomic E-state index is 14.1. The summed E-state index contributed by atoms with van der Waals surface area (Å²) >= 11 is 0. The lowest BCUT2D eigenvalue weighted by atomic mass is 10.1. The Bertz CT molecular complexity index is 7090. The summed E-state index contributed by atoms with van der Waals surface area (Å²) in [4.78, 5) is 132. The van der Waals surface area contributed by atoms with Gasteiger partial charge in [-0.05, 0) is 136 Å². The fraction of sp³-hybridized carbons (Fsp3) is 0.141. The number of carbonyl (C=O) groups is 5. The Labute approximate surface area is 682 Å². The van der Waals surface area contributed by atoms with Crippen molar-refractivity contribution in [2.75, 3.05) is 43.1 Å². The maximum Gasteiger partial charge on any atom is 0.274 e. The van der Waals surface area contributed by atoms with E-state index in [1.165, 1.54) is 58.8 Å². The van der Waals surface area contributed by atoms with Gasteiger partial charge in [0.05, 0.1) is 87.2 Å². The smallest absolute Gasteiger partial charge is 0.274 e. The SMILES string of the molecule is C=CC(=O)NCCC#Cc1cccc2nc([C@H](C)NC(=O)c3c(N)nc4cccnn34)n(-c3ccccc3)c(=O)c12.CC(=O)NCC#Cc1cccc2nc([C@H](C)NC(=O)c3c(N)nc4cccnn34)n(-c3ccccc3)c(=O)c12.C[C@H](NC(=O)c1c(N)nc2cccnn12)c1nc2cccc(C#CCNS(C)(=O)=O)c2c(=O)n1-c1ccccc1. The third-order valence-corrected chi connectivity index (χ3v) is 18.8. The molecule has 0 bridgehead atoms. The Morgan fingerprint density at radius 3 is 1.10 bits per heavy atom. The van der Waals surface area contributed by atoms with Crippen LogP contribution >= 0.6 is 0 Å². The lowest BCUT2D eigenvalue weighted by Gasteiger charge is -2.20. The summed E-state index contributed by atoms with van der Waals surface area (Å²) in [6.45, 7) is 10.4. The summed E-state index contributed by atoms with van der Waals surface area (Å²) < 4.78 is 33.4. The molecule has 3 atom stereocenters. The van der Waals surface area contributed by atoms with Gasteiger partial charge in [-0.25, -0.2) is 56.6 Å².